The standard InChI is InChI=1S/C24H28N3PS/c1-26-18-12-17-23(26)28(21-13-6-4-7-14-21,22-15-8-5-9-16-22)25-24(29)27-19-10-2-3-11-20-27/h4-9,12-18H,2-3,10-11,19-20H2,1H3. The van der Waals surface area contributed by atoms with Gasteiger partial charge < -0.3 is 9.47 Å². The lowest BCUT2D eigenvalue weighted by atomic mass is 10.2. The Bertz CT molecular complexity index is 959. The van der Waals surface area contributed by atoms with E-state index in [-0.39, 0.29) is 0 Å². The van der Waals surface area contributed by atoms with Crippen molar-refractivity contribution in [1.82, 2.24) is 9.47 Å². The highest BCUT2D eigenvalue weighted by Gasteiger charge is 2.30. The summed E-state index contributed by atoms with van der Waals surface area (Å²) in [6, 6.07) is 25.8. The molecule has 0 aliphatic carbocycles. The molecule has 4 rings (SSSR count). The van der Waals surface area contributed by atoms with Gasteiger partial charge in [0.25, 0.3) is 0 Å². The van der Waals surface area contributed by atoms with Crippen LogP contribution in [0.2, 0.25) is 0 Å². The summed E-state index contributed by atoms with van der Waals surface area (Å²) in [5, 5.41) is 3.24. The van der Waals surface area contributed by atoms with Crippen LogP contribution in [-0.2, 0) is 7.05 Å². The summed E-state index contributed by atoms with van der Waals surface area (Å²) < 4.78 is 7.68. The van der Waals surface area contributed by atoms with E-state index in [0.29, 0.717) is 0 Å². The van der Waals surface area contributed by atoms with E-state index in [2.05, 4.69) is 95.5 Å². The second-order valence-electron chi connectivity index (χ2n) is 7.57. The van der Waals surface area contributed by atoms with Gasteiger partial charge in [-0.25, -0.2) is 4.74 Å². The Kier molecular flexibility index (Phi) is 6.32. The minimum Gasteiger partial charge on any atom is -0.349 e. The van der Waals surface area contributed by atoms with Gasteiger partial charge in [0.1, 0.15) is 0 Å². The molecule has 3 aromatic rings. The zero-order chi connectivity index (χ0) is 20.1. The zero-order valence-corrected chi connectivity index (χ0v) is 18.7. The second-order valence-corrected chi connectivity index (χ2v) is 10.9. The van der Waals surface area contributed by atoms with Crippen LogP contribution >= 0.6 is 19.3 Å². The van der Waals surface area contributed by atoms with Crippen molar-refractivity contribution in [3.63, 3.8) is 0 Å². The van der Waals surface area contributed by atoms with E-state index >= 15 is 0 Å². The summed E-state index contributed by atoms with van der Waals surface area (Å²) in [7, 11) is -0.163. The first-order valence-electron chi connectivity index (χ1n) is 10.4. The van der Waals surface area contributed by atoms with Crippen molar-refractivity contribution >= 4 is 40.4 Å². The van der Waals surface area contributed by atoms with Gasteiger partial charge in [-0.15, -0.1) is 0 Å². The van der Waals surface area contributed by atoms with E-state index in [9.17, 15) is 0 Å². The number of nitrogens with zero attached hydrogens (tertiary/aromatic N) is 3. The van der Waals surface area contributed by atoms with Crippen LogP contribution in [0, 0.1) is 0 Å². The quantitative estimate of drug-likeness (QED) is 0.453. The molecule has 0 spiro atoms. The van der Waals surface area contributed by atoms with Crippen molar-refractivity contribution in [2.75, 3.05) is 13.1 Å². The lowest BCUT2D eigenvalue weighted by Gasteiger charge is -2.29. The number of hydrogen-bond acceptors (Lipinski definition) is 1. The van der Waals surface area contributed by atoms with Crippen LogP contribution in [-0.4, -0.2) is 27.7 Å². The zero-order valence-electron chi connectivity index (χ0n) is 16.9. The van der Waals surface area contributed by atoms with Crippen LogP contribution in [0.3, 0.4) is 0 Å². The maximum Gasteiger partial charge on any atom is 0.195 e. The largest absolute Gasteiger partial charge is 0.349 e. The van der Waals surface area contributed by atoms with Gasteiger partial charge in [0, 0.05) is 36.9 Å². The van der Waals surface area contributed by atoms with Crippen LogP contribution in [0.25, 0.3) is 0 Å². The number of thiocarbonyl (C=S) groups is 1. The fourth-order valence-corrected chi connectivity index (χ4v) is 8.24. The Balaban J connectivity index is 1.97. The van der Waals surface area contributed by atoms with Crippen molar-refractivity contribution in [3.8, 4) is 0 Å². The molecule has 1 aliphatic heterocycles. The Morgan fingerprint density at radius 2 is 1.34 bits per heavy atom. The molecule has 1 saturated heterocycles. The number of aromatic nitrogens is 1. The molecule has 2 aromatic carbocycles. The third kappa shape index (κ3) is 4.10. The highest BCUT2D eigenvalue weighted by atomic mass is 32.1. The van der Waals surface area contributed by atoms with E-state index in [1.165, 1.54) is 41.7 Å². The van der Waals surface area contributed by atoms with Crippen LogP contribution < -0.4 is 16.0 Å². The summed E-state index contributed by atoms with van der Waals surface area (Å²) in [6.07, 6.45) is 7.08. The number of hydrogen-bond donors (Lipinski definition) is 0. The van der Waals surface area contributed by atoms with Crippen LogP contribution in [0.5, 0.6) is 0 Å². The van der Waals surface area contributed by atoms with Gasteiger partial charge >= 0.3 is 0 Å². The number of likely N-dealkylation sites (tertiary alicyclic amines) is 1. The van der Waals surface area contributed by atoms with Crippen molar-refractivity contribution in [1.29, 1.82) is 0 Å². The lowest BCUT2D eigenvalue weighted by Crippen LogP contribution is -2.33. The molecule has 1 aliphatic rings. The summed E-state index contributed by atoms with van der Waals surface area (Å²) >= 11 is 5.98. The number of rotatable bonds is 3. The highest BCUT2D eigenvalue weighted by molar-refractivity contribution is 7.88. The van der Waals surface area contributed by atoms with Gasteiger partial charge in [0.15, 0.2) is 5.11 Å². The fraction of sp³-hybridized carbons (Fsp3) is 0.292. The van der Waals surface area contributed by atoms with Crippen molar-refractivity contribution in [2.24, 2.45) is 11.8 Å². The van der Waals surface area contributed by atoms with Gasteiger partial charge in [-0.1, -0.05) is 73.5 Å². The third-order valence-electron chi connectivity index (χ3n) is 5.62. The molecule has 5 heteroatoms. The average molecular weight is 422 g/mol. The molecule has 0 atom stereocenters. The summed E-state index contributed by atoms with van der Waals surface area (Å²) in [5.41, 5.74) is 1.23. The molecule has 0 amide bonds. The van der Waals surface area contributed by atoms with E-state index < -0.39 is 7.05 Å². The molecule has 1 fully saturated rings. The van der Waals surface area contributed by atoms with E-state index in [4.69, 9.17) is 17.0 Å². The van der Waals surface area contributed by atoms with Gasteiger partial charge in [0.2, 0.25) is 0 Å². The molecule has 29 heavy (non-hydrogen) atoms. The lowest BCUT2D eigenvalue weighted by molar-refractivity contribution is 0.439. The first-order chi connectivity index (χ1) is 14.2. The Morgan fingerprint density at radius 3 is 1.83 bits per heavy atom. The molecular formula is C24H28N3PS. The summed E-state index contributed by atoms with van der Waals surface area (Å²) in [4.78, 5) is 2.33. The SMILES string of the molecule is Cn1cccc1P(=NC(=S)N1CCCCCC1)(c1ccccc1)c1ccccc1. The minimum absolute atomic E-state index is 0.758. The van der Waals surface area contributed by atoms with E-state index in [1.54, 1.807) is 0 Å². The summed E-state index contributed by atoms with van der Waals surface area (Å²) in [6.45, 7) is 2.03. The van der Waals surface area contributed by atoms with Crippen LogP contribution in [0.15, 0.2) is 83.7 Å². The Morgan fingerprint density at radius 1 is 0.793 bits per heavy atom. The molecule has 0 radical (unpaired) electrons. The highest BCUT2D eigenvalue weighted by Crippen LogP contribution is 2.46. The Hall–Kier alpha value is -2.16. The molecular weight excluding hydrogens is 393 g/mol. The van der Waals surface area contributed by atoms with Gasteiger partial charge in [-0.3, -0.25) is 0 Å². The predicted molar refractivity (Wildman–Crippen MR) is 129 cm³/mol. The van der Waals surface area contributed by atoms with E-state index in [0.717, 1.165) is 18.2 Å². The molecule has 2 heterocycles. The minimum atomic E-state index is -2.27. The predicted octanol–water partition coefficient (Wildman–Crippen LogP) is 4.66. The third-order valence-corrected chi connectivity index (χ3v) is 9.81. The van der Waals surface area contributed by atoms with Crippen molar-refractivity contribution in [2.45, 2.75) is 25.7 Å². The van der Waals surface area contributed by atoms with Crippen molar-refractivity contribution in [3.05, 3.63) is 79.0 Å². The molecule has 1 aromatic heterocycles. The van der Waals surface area contributed by atoms with Crippen molar-refractivity contribution < 1.29 is 0 Å². The molecule has 0 saturated carbocycles. The maximum atomic E-state index is 5.98. The molecule has 0 bridgehead atoms. The first-order valence-corrected chi connectivity index (χ1v) is 12.5. The second kappa shape index (κ2) is 9.11. The smallest absolute Gasteiger partial charge is 0.195 e. The van der Waals surface area contributed by atoms with E-state index in [1.807, 2.05) is 0 Å². The molecule has 150 valence electrons. The monoisotopic (exact) mass is 421 g/mol. The van der Waals surface area contributed by atoms with Crippen LogP contribution in [0.4, 0.5) is 0 Å². The number of aryl methyl sites for hydroxylation is 1. The number of benzene rings is 2. The summed E-state index contributed by atoms with van der Waals surface area (Å²) in [5.74, 6) is 0. The van der Waals surface area contributed by atoms with Gasteiger partial charge in [-0.05, 0) is 37.2 Å². The average Bonchev–Trinajstić information content (AvgIpc) is 3.02. The molecule has 3 nitrogen and oxygen atoms in total. The molecule has 0 unspecified atom stereocenters. The fourth-order valence-electron chi connectivity index (χ4n) is 4.11. The van der Waals surface area contributed by atoms with Gasteiger partial charge in [-0.2, -0.15) is 0 Å². The first kappa shape index (κ1) is 20.1. The Labute approximate surface area is 179 Å². The van der Waals surface area contributed by atoms with Gasteiger partial charge in [0.05, 0.1) is 12.5 Å². The normalized spacial score (nSPS) is 15.0. The maximum absolute atomic E-state index is 5.98. The van der Waals surface area contributed by atoms with Crippen LogP contribution in [0.1, 0.15) is 25.7 Å². The topological polar surface area (TPSA) is 20.5 Å². The molecule has 0 N–H and O–H groups in total.